The zero-order valence-electron chi connectivity index (χ0n) is 13.8. The summed E-state index contributed by atoms with van der Waals surface area (Å²) in [5.41, 5.74) is 1.78. The Balaban J connectivity index is 1.99. The Kier molecular flexibility index (Phi) is 7.29. The fourth-order valence-electron chi connectivity index (χ4n) is 2.41. The summed E-state index contributed by atoms with van der Waals surface area (Å²) in [6.07, 6.45) is 1.12. The van der Waals surface area contributed by atoms with Crippen LogP contribution in [-0.2, 0) is 27.2 Å². The first-order chi connectivity index (χ1) is 12.0. The van der Waals surface area contributed by atoms with Crippen LogP contribution >= 0.6 is 23.2 Å². The lowest BCUT2D eigenvalue weighted by Gasteiger charge is -2.17. The molecule has 2 aromatic carbocycles. The van der Waals surface area contributed by atoms with Crippen LogP contribution in [0.3, 0.4) is 0 Å². The zero-order valence-corrected chi connectivity index (χ0v) is 15.3. The first-order valence-corrected chi connectivity index (χ1v) is 8.60. The summed E-state index contributed by atoms with van der Waals surface area (Å²) >= 11 is 12.0. The van der Waals surface area contributed by atoms with Gasteiger partial charge in [0, 0.05) is 22.9 Å². The molecule has 0 aliphatic rings. The Morgan fingerprint density at radius 1 is 1.12 bits per heavy atom. The summed E-state index contributed by atoms with van der Waals surface area (Å²) in [6, 6.07) is 13.9. The molecule has 0 aromatic heterocycles. The number of hydrogen-bond acceptors (Lipinski definition) is 3. The number of nitrogens with one attached hydrogen (secondary N) is 1. The van der Waals surface area contributed by atoms with Crippen LogP contribution in [0.25, 0.3) is 0 Å². The molecule has 0 radical (unpaired) electrons. The smallest absolute Gasteiger partial charge is 0.328 e. The number of ether oxygens (including phenoxy) is 1. The number of aryl methyl sites for hydroxylation is 1. The van der Waals surface area contributed by atoms with Crippen molar-refractivity contribution in [2.75, 3.05) is 7.11 Å². The number of rotatable bonds is 7. The van der Waals surface area contributed by atoms with Crippen LogP contribution in [0.5, 0.6) is 0 Å². The van der Waals surface area contributed by atoms with Crippen molar-refractivity contribution >= 4 is 35.1 Å². The van der Waals surface area contributed by atoms with Crippen molar-refractivity contribution in [3.63, 3.8) is 0 Å². The van der Waals surface area contributed by atoms with Gasteiger partial charge < -0.3 is 10.1 Å². The molecule has 2 rings (SSSR count). The summed E-state index contributed by atoms with van der Waals surface area (Å²) in [4.78, 5) is 24.2. The van der Waals surface area contributed by atoms with Gasteiger partial charge in [-0.05, 0) is 29.7 Å². The fourth-order valence-corrected chi connectivity index (χ4v) is 2.90. The third-order valence-corrected chi connectivity index (χ3v) is 4.33. The van der Waals surface area contributed by atoms with Crippen LogP contribution in [0.2, 0.25) is 10.0 Å². The van der Waals surface area contributed by atoms with Crippen LogP contribution in [-0.4, -0.2) is 25.0 Å². The molecule has 0 aliphatic carbocycles. The van der Waals surface area contributed by atoms with Gasteiger partial charge in [-0.2, -0.15) is 0 Å². The molecular weight excluding hydrogens is 361 g/mol. The van der Waals surface area contributed by atoms with Crippen LogP contribution in [0.15, 0.2) is 48.5 Å². The predicted molar refractivity (Wildman–Crippen MR) is 98.9 cm³/mol. The molecule has 0 heterocycles. The maximum atomic E-state index is 12.2. The Hall–Kier alpha value is -2.04. The van der Waals surface area contributed by atoms with E-state index < -0.39 is 12.0 Å². The largest absolute Gasteiger partial charge is 0.467 e. The monoisotopic (exact) mass is 379 g/mol. The van der Waals surface area contributed by atoms with Gasteiger partial charge in [-0.3, -0.25) is 4.79 Å². The van der Waals surface area contributed by atoms with Gasteiger partial charge in [0.15, 0.2) is 0 Å². The van der Waals surface area contributed by atoms with Crippen molar-refractivity contribution in [1.82, 2.24) is 5.32 Å². The lowest BCUT2D eigenvalue weighted by atomic mass is 10.0. The second-order valence-electron chi connectivity index (χ2n) is 5.57. The Morgan fingerprint density at radius 3 is 2.48 bits per heavy atom. The number of carbonyl (C=O) groups is 2. The van der Waals surface area contributed by atoms with Gasteiger partial charge in [-0.1, -0.05) is 59.6 Å². The molecule has 1 N–H and O–H groups in total. The minimum Gasteiger partial charge on any atom is -0.467 e. The third kappa shape index (κ3) is 6.07. The van der Waals surface area contributed by atoms with E-state index in [-0.39, 0.29) is 18.7 Å². The number of carbonyl (C=O) groups excluding carboxylic acids is 2. The molecule has 4 nitrogen and oxygen atoms in total. The molecule has 6 heteroatoms. The van der Waals surface area contributed by atoms with Gasteiger partial charge in [-0.25, -0.2) is 4.79 Å². The van der Waals surface area contributed by atoms with Crippen molar-refractivity contribution < 1.29 is 14.3 Å². The van der Waals surface area contributed by atoms with E-state index in [2.05, 4.69) is 5.32 Å². The molecule has 1 atom stereocenters. The highest BCUT2D eigenvalue weighted by molar-refractivity contribution is 6.35. The number of benzene rings is 2. The summed E-state index contributed by atoms with van der Waals surface area (Å²) in [5.74, 6) is -0.733. The Labute approximate surface area is 157 Å². The average Bonchev–Trinajstić information content (AvgIpc) is 2.61. The van der Waals surface area contributed by atoms with E-state index in [1.165, 1.54) is 7.11 Å². The lowest BCUT2D eigenvalue weighted by molar-refractivity contribution is -0.145. The number of halogens is 2. The van der Waals surface area contributed by atoms with Gasteiger partial charge in [-0.15, -0.1) is 0 Å². The van der Waals surface area contributed by atoms with Gasteiger partial charge in [0.25, 0.3) is 0 Å². The molecule has 0 unspecified atom stereocenters. The standard InChI is InChI=1S/C19H19Cl2NO3/c1-25-19(24)17(11-14-8-9-15(20)12-16(14)21)22-18(23)10-7-13-5-3-2-4-6-13/h2-6,8-9,12,17H,7,10-11H2,1H3,(H,22,23)/t17-/m0/s1. The number of esters is 1. The maximum Gasteiger partial charge on any atom is 0.328 e. The van der Waals surface area contributed by atoms with Crippen molar-refractivity contribution in [2.24, 2.45) is 0 Å². The van der Waals surface area contributed by atoms with E-state index in [9.17, 15) is 9.59 Å². The van der Waals surface area contributed by atoms with E-state index in [1.54, 1.807) is 18.2 Å². The fraction of sp³-hybridized carbons (Fsp3) is 0.263. The summed E-state index contributed by atoms with van der Waals surface area (Å²) in [7, 11) is 1.29. The molecule has 2 aromatic rings. The quantitative estimate of drug-likeness (QED) is 0.743. The van der Waals surface area contributed by atoms with E-state index in [0.717, 1.165) is 5.56 Å². The lowest BCUT2D eigenvalue weighted by Crippen LogP contribution is -2.43. The second-order valence-corrected chi connectivity index (χ2v) is 6.41. The molecule has 0 fully saturated rings. The van der Waals surface area contributed by atoms with Crippen molar-refractivity contribution in [1.29, 1.82) is 0 Å². The van der Waals surface area contributed by atoms with Gasteiger partial charge in [0.2, 0.25) is 5.91 Å². The van der Waals surface area contributed by atoms with Crippen molar-refractivity contribution in [2.45, 2.75) is 25.3 Å². The average molecular weight is 380 g/mol. The third-order valence-electron chi connectivity index (χ3n) is 3.74. The molecule has 0 saturated heterocycles. The maximum absolute atomic E-state index is 12.2. The van der Waals surface area contributed by atoms with Gasteiger partial charge >= 0.3 is 5.97 Å². The minimum atomic E-state index is -0.799. The summed E-state index contributed by atoms with van der Waals surface area (Å²) < 4.78 is 4.79. The van der Waals surface area contributed by atoms with E-state index >= 15 is 0 Å². The topological polar surface area (TPSA) is 55.4 Å². The Morgan fingerprint density at radius 2 is 1.84 bits per heavy atom. The molecular formula is C19H19Cl2NO3. The van der Waals surface area contributed by atoms with Crippen molar-refractivity contribution in [3.05, 3.63) is 69.7 Å². The summed E-state index contributed by atoms with van der Waals surface area (Å²) in [5, 5.41) is 3.68. The first kappa shape index (κ1) is 19.3. The van der Waals surface area contributed by atoms with Crippen LogP contribution in [0.4, 0.5) is 0 Å². The van der Waals surface area contributed by atoms with E-state index in [1.807, 2.05) is 30.3 Å². The number of methoxy groups -OCH3 is 1. The molecule has 25 heavy (non-hydrogen) atoms. The highest BCUT2D eigenvalue weighted by Crippen LogP contribution is 2.22. The predicted octanol–water partition coefficient (Wildman–Crippen LogP) is 3.83. The van der Waals surface area contributed by atoms with Crippen LogP contribution in [0.1, 0.15) is 17.5 Å². The number of amides is 1. The minimum absolute atomic E-state index is 0.218. The van der Waals surface area contributed by atoms with E-state index in [0.29, 0.717) is 22.0 Å². The second kappa shape index (κ2) is 9.44. The number of hydrogen-bond donors (Lipinski definition) is 1. The Bertz CT molecular complexity index is 735. The molecule has 0 bridgehead atoms. The highest BCUT2D eigenvalue weighted by Gasteiger charge is 2.23. The first-order valence-electron chi connectivity index (χ1n) is 7.84. The van der Waals surface area contributed by atoms with E-state index in [4.69, 9.17) is 27.9 Å². The highest BCUT2D eigenvalue weighted by atomic mass is 35.5. The van der Waals surface area contributed by atoms with Gasteiger partial charge in [0.05, 0.1) is 7.11 Å². The zero-order chi connectivity index (χ0) is 18.2. The van der Waals surface area contributed by atoms with Crippen LogP contribution < -0.4 is 5.32 Å². The van der Waals surface area contributed by atoms with Crippen molar-refractivity contribution in [3.8, 4) is 0 Å². The molecule has 0 saturated carbocycles. The van der Waals surface area contributed by atoms with Gasteiger partial charge in [0.1, 0.15) is 6.04 Å². The molecule has 1 amide bonds. The molecule has 132 valence electrons. The summed E-state index contributed by atoms with van der Waals surface area (Å²) in [6.45, 7) is 0. The molecule has 0 aliphatic heterocycles. The van der Waals surface area contributed by atoms with Crippen LogP contribution in [0, 0.1) is 0 Å². The molecule has 0 spiro atoms. The SMILES string of the molecule is COC(=O)[C@H](Cc1ccc(Cl)cc1Cl)NC(=O)CCc1ccccc1. The normalized spacial score (nSPS) is 11.6.